The molecule has 0 rings (SSSR count). The van der Waals surface area contributed by atoms with Crippen LogP contribution in [0.15, 0.2) is 0 Å². The molecule has 0 aliphatic carbocycles. The van der Waals surface area contributed by atoms with Gasteiger partial charge >= 0.3 is 0 Å². The minimum Gasteiger partial charge on any atom is -0.358 e. The second-order valence-electron chi connectivity index (χ2n) is 4.69. The molecule has 25 heavy (non-hydrogen) atoms. The Kier molecular flexibility index (Phi) is 10.7. The lowest BCUT2D eigenvalue weighted by Crippen LogP contribution is -2.46. The smallest absolute Gasteiger partial charge is 0.239 e. The molecule has 12 heteroatoms. The largest absolute Gasteiger partial charge is 0.358 e. The molecular weight excluding hydrogens is 336 g/mol. The van der Waals surface area contributed by atoms with Gasteiger partial charge in [-0.3, -0.25) is 28.8 Å². The Morgan fingerprint density at radius 3 is 1.08 bits per heavy atom. The van der Waals surface area contributed by atoms with Crippen molar-refractivity contribution in [3.8, 4) is 0 Å². The van der Waals surface area contributed by atoms with E-state index in [1.807, 2.05) is 0 Å². The van der Waals surface area contributed by atoms with Gasteiger partial charge < -0.3 is 31.9 Å². The zero-order valence-corrected chi connectivity index (χ0v) is 14.0. The number of hydrogen-bond donors (Lipinski definition) is 6. The summed E-state index contributed by atoms with van der Waals surface area (Å²) < 4.78 is 0. The molecule has 0 aliphatic heterocycles. The zero-order chi connectivity index (χ0) is 19.2. The molecule has 0 aromatic heterocycles. The van der Waals surface area contributed by atoms with Gasteiger partial charge in [-0.1, -0.05) is 0 Å². The van der Waals surface area contributed by atoms with Crippen LogP contribution in [0.4, 0.5) is 0 Å². The first-order valence-corrected chi connectivity index (χ1v) is 7.26. The molecule has 0 spiro atoms. The number of hydrogen-bond acceptors (Lipinski definition) is 6. The van der Waals surface area contributed by atoms with Gasteiger partial charge in [0.05, 0.1) is 32.7 Å². The Bertz CT molecular complexity index is 535. The second-order valence-corrected chi connectivity index (χ2v) is 4.69. The first-order chi connectivity index (χ1) is 11.7. The van der Waals surface area contributed by atoms with Crippen LogP contribution < -0.4 is 31.9 Å². The highest BCUT2D eigenvalue weighted by molar-refractivity contribution is 5.91. The maximum absolute atomic E-state index is 11.4. The van der Waals surface area contributed by atoms with Crippen LogP contribution in [0.2, 0.25) is 0 Å². The molecule has 140 valence electrons. The third-order valence-electron chi connectivity index (χ3n) is 2.56. The number of nitrogens with one attached hydrogen (secondary N) is 6. The number of carbonyl (C=O) groups is 6. The molecule has 0 heterocycles. The molecule has 0 aromatic carbocycles. The van der Waals surface area contributed by atoms with Crippen molar-refractivity contribution in [3.05, 3.63) is 0 Å². The molecule has 0 radical (unpaired) electrons. The van der Waals surface area contributed by atoms with E-state index in [2.05, 4.69) is 31.9 Å². The molecule has 12 nitrogen and oxygen atoms in total. The summed E-state index contributed by atoms with van der Waals surface area (Å²) in [6.45, 7) is -0.313. The SMILES string of the molecule is CNC(=O)CNC(=O)CNC(=O)CNC(=O)CNC(=O)CNC(C)=O. The predicted molar refractivity (Wildman–Crippen MR) is 84.8 cm³/mol. The Balaban J connectivity index is 3.81. The van der Waals surface area contributed by atoms with Crippen LogP contribution in [-0.4, -0.2) is 75.2 Å². The Morgan fingerprint density at radius 1 is 0.520 bits per heavy atom. The van der Waals surface area contributed by atoms with Crippen LogP contribution in [0, 0.1) is 0 Å². The fraction of sp³-hybridized carbons (Fsp3) is 0.538. The highest BCUT2D eigenvalue weighted by Crippen LogP contribution is 1.72. The summed E-state index contributed by atoms with van der Waals surface area (Å²) in [5.41, 5.74) is 0. The van der Waals surface area contributed by atoms with E-state index in [0.29, 0.717) is 0 Å². The zero-order valence-electron chi connectivity index (χ0n) is 14.0. The van der Waals surface area contributed by atoms with Gasteiger partial charge in [0.1, 0.15) is 0 Å². The van der Waals surface area contributed by atoms with Crippen molar-refractivity contribution in [1.82, 2.24) is 31.9 Å². The number of carbonyl (C=O) groups excluding carboxylic acids is 6. The summed E-state index contributed by atoms with van der Waals surface area (Å²) in [5.74, 6) is -3.11. The molecule has 0 saturated heterocycles. The van der Waals surface area contributed by atoms with Crippen molar-refractivity contribution >= 4 is 35.4 Å². The van der Waals surface area contributed by atoms with Gasteiger partial charge in [-0.05, 0) is 0 Å². The van der Waals surface area contributed by atoms with Gasteiger partial charge in [0, 0.05) is 14.0 Å². The normalized spacial score (nSPS) is 9.36. The summed E-state index contributed by atoms with van der Waals surface area (Å²) >= 11 is 0. The number of rotatable bonds is 10. The molecule has 0 aromatic rings. The van der Waals surface area contributed by atoms with Crippen LogP contribution in [0.3, 0.4) is 0 Å². The van der Waals surface area contributed by atoms with Gasteiger partial charge in [-0.25, -0.2) is 0 Å². The third kappa shape index (κ3) is 13.0. The first kappa shape index (κ1) is 21.8. The molecule has 6 amide bonds. The summed E-state index contributed by atoms with van der Waals surface area (Å²) in [6, 6.07) is 0. The molecule has 0 unspecified atom stereocenters. The van der Waals surface area contributed by atoms with Gasteiger partial charge in [0.2, 0.25) is 35.4 Å². The minimum absolute atomic E-state index is 0.208. The van der Waals surface area contributed by atoms with E-state index >= 15 is 0 Å². The van der Waals surface area contributed by atoms with Crippen molar-refractivity contribution in [2.45, 2.75) is 6.92 Å². The maximum Gasteiger partial charge on any atom is 0.239 e. The fourth-order valence-corrected chi connectivity index (χ4v) is 1.26. The van der Waals surface area contributed by atoms with Crippen molar-refractivity contribution in [1.29, 1.82) is 0 Å². The van der Waals surface area contributed by atoms with Crippen molar-refractivity contribution < 1.29 is 28.8 Å². The highest BCUT2D eigenvalue weighted by atomic mass is 16.2. The lowest BCUT2D eigenvalue weighted by atomic mass is 10.4. The van der Waals surface area contributed by atoms with Crippen LogP contribution in [0.25, 0.3) is 0 Å². The van der Waals surface area contributed by atoms with E-state index in [1.165, 1.54) is 14.0 Å². The predicted octanol–water partition coefficient (Wildman–Crippen LogP) is -4.67. The van der Waals surface area contributed by atoms with E-state index in [-0.39, 0.29) is 44.5 Å². The summed E-state index contributed by atoms with van der Waals surface area (Å²) in [5, 5.41) is 13.6. The van der Waals surface area contributed by atoms with Gasteiger partial charge in [0.15, 0.2) is 0 Å². The average Bonchev–Trinajstić information content (AvgIpc) is 2.58. The quantitative estimate of drug-likeness (QED) is 0.229. The van der Waals surface area contributed by atoms with Gasteiger partial charge in [-0.2, -0.15) is 0 Å². The lowest BCUT2D eigenvalue weighted by molar-refractivity contribution is -0.129. The molecule has 0 atom stereocenters. The van der Waals surface area contributed by atoms with Crippen LogP contribution in [0.1, 0.15) is 6.92 Å². The average molecular weight is 358 g/mol. The van der Waals surface area contributed by atoms with Crippen LogP contribution >= 0.6 is 0 Å². The Morgan fingerprint density at radius 2 is 0.800 bits per heavy atom. The monoisotopic (exact) mass is 358 g/mol. The molecule has 0 aliphatic rings. The van der Waals surface area contributed by atoms with E-state index in [9.17, 15) is 28.8 Å². The number of amides is 6. The summed E-state index contributed by atoms with van der Waals surface area (Å²) in [4.78, 5) is 66.9. The summed E-state index contributed by atoms with van der Waals surface area (Å²) in [7, 11) is 1.42. The molecule has 0 fully saturated rings. The van der Waals surface area contributed by atoms with E-state index in [1.54, 1.807) is 0 Å². The standard InChI is InChI=1S/C13H22N6O6/c1-8(20)15-4-10(22)17-6-12(24)19-7-13(25)18-5-11(23)16-3-9(21)14-2/h3-7H2,1-2H3,(H,14,21)(H,15,20)(H,16,23)(H,17,22)(H,18,25)(H,19,24). The molecule has 0 saturated carbocycles. The second kappa shape index (κ2) is 12.3. The lowest BCUT2D eigenvalue weighted by Gasteiger charge is -2.08. The minimum atomic E-state index is -0.618. The van der Waals surface area contributed by atoms with Gasteiger partial charge in [-0.15, -0.1) is 0 Å². The van der Waals surface area contributed by atoms with E-state index in [4.69, 9.17) is 0 Å². The first-order valence-electron chi connectivity index (χ1n) is 7.26. The van der Waals surface area contributed by atoms with E-state index in [0.717, 1.165) is 0 Å². The van der Waals surface area contributed by atoms with Crippen LogP contribution in [0.5, 0.6) is 0 Å². The van der Waals surface area contributed by atoms with E-state index < -0.39 is 23.6 Å². The molecule has 0 bridgehead atoms. The topological polar surface area (TPSA) is 175 Å². The fourth-order valence-electron chi connectivity index (χ4n) is 1.26. The van der Waals surface area contributed by atoms with Crippen molar-refractivity contribution in [2.24, 2.45) is 0 Å². The summed E-state index contributed by atoms with van der Waals surface area (Å²) in [6.07, 6.45) is 0. The Labute approximate surface area is 143 Å². The Hall–Kier alpha value is -3.18. The third-order valence-corrected chi connectivity index (χ3v) is 2.56. The highest BCUT2D eigenvalue weighted by Gasteiger charge is 2.09. The van der Waals surface area contributed by atoms with Crippen molar-refractivity contribution in [3.63, 3.8) is 0 Å². The molecular formula is C13H22N6O6. The van der Waals surface area contributed by atoms with Crippen molar-refractivity contribution in [2.75, 3.05) is 39.8 Å². The maximum atomic E-state index is 11.4. The number of likely N-dealkylation sites (N-methyl/N-ethyl adjacent to an activating group) is 1. The van der Waals surface area contributed by atoms with Crippen LogP contribution in [-0.2, 0) is 28.8 Å². The molecule has 6 N–H and O–H groups in total. The van der Waals surface area contributed by atoms with Gasteiger partial charge in [0.25, 0.3) is 0 Å².